The highest BCUT2D eigenvalue weighted by Gasteiger charge is 2.34. The molecule has 0 saturated carbocycles. The fourth-order valence-electron chi connectivity index (χ4n) is 3.91. The molecule has 0 radical (unpaired) electrons. The van der Waals surface area contributed by atoms with Crippen molar-refractivity contribution in [1.82, 2.24) is 10.3 Å². The van der Waals surface area contributed by atoms with Crippen molar-refractivity contribution < 1.29 is 9.21 Å². The lowest BCUT2D eigenvalue weighted by Gasteiger charge is -2.39. The zero-order valence-electron chi connectivity index (χ0n) is 12.3. The van der Waals surface area contributed by atoms with Crippen molar-refractivity contribution in [2.45, 2.75) is 51.1 Å². The molecule has 2 aliphatic heterocycles. The summed E-state index contributed by atoms with van der Waals surface area (Å²) in [5.41, 5.74) is 2.32. The Morgan fingerprint density at radius 3 is 2.81 bits per heavy atom. The van der Waals surface area contributed by atoms with E-state index in [4.69, 9.17) is 4.42 Å². The average molecular weight is 284 g/mol. The van der Waals surface area contributed by atoms with Gasteiger partial charge in [0.25, 0.3) is 0 Å². The molecule has 2 fully saturated rings. The Bertz CT molecular complexity index is 679. The second-order valence-electron chi connectivity index (χ2n) is 6.44. The first-order chi connectivity index (χ1) is 10.2. The third-order valence-electron chi connectivity index (χ3n) is 4.86. The molecule has 1 N–H and O–H groups in total. The maximum absolute atomic E-state index is 12.8. The standard InChI is InChI=1S/C17H20N2O2/c1-10-18-15-9-11(5-6-16(15)21-10)17(20)12-7-13-3-2-4-14(8-12)19-13/h5-6,9,12-14,19H,2-4,7-8H2,1H3. The first-order valence-corrected chi connectivity index (χ1v) is 7.86. The quantitative estimate of drug-likeness (QED) is 0.860. The highest BCUT2D eigenvalue weighted by molar-refractivity contribution is 6.00. The molecule has 0 aliphatic carbocycles. The SMILES string of the molecule is Cc1nc2cc(C(=O)C3CC4CCCC(C3)N4)ccc2o1. The Hall–Kier alpha value is -1.68. The number of fused-ring (bicyclic) bond motifs is 3. The molecule has 2 aromatic rings. The van der Waals surface area contributed by atoms with E-state index in [-0.39, 0.29) is 11.7 Å². The lowest BCUT2D eigenvalue weighted by Crippen LogP contribution is -2.50. The van der Waals surface area contributed by atoms with Crippen molar-refractivity contribution in [2.24, 2.45) is 5.92 Å². The van der Waals surface area contributed by atoms with Gasteiger partial charge in [0.15, 0.2) is 17.3 Å². The fraction of sp³-hybridized carbons (Fsp3) is 0.529. The number of oxazole rings is 1. The third kappa shape index (κ3) is 2.38. The maximum atomic E-state index is 12.8. The molecular formula is C17H20N2O2. The number of piperidine rings is 2. The normalized spacial score (nSPS) is 28.7. The summed E-state index contributed by atoms with van der Waals surface area (Å²) in [6.07, 6.45) is 5.67. The van der Waals surface area contributed by atoms with E-state index in [1.807, 2.05) is 25.1 Å². The number of nitrogens with one attached hydrogen (secondary N) is 1. The Morgan fingerprint density at radius 2 is 2.05 bits per heavy atom. The van der Waals surface area contributed by atoms with Crippen molar-refractivity contribution in [3.05, 3.63) is 29.7 Å². The number of hydrogen-bond donors (Lipinski definition) is 1. The fourth-order valence-corrected chi connectivity index (χ4v) is 3.91. The number of carbonyl (C=O) groups excluding carboxylic acids is 1. The van der Waals surface area contributed by atoms with E-state index in [1.165, 1.54) is 19.3 Å². The molecule has 0 spiro atoms. The molecule has 1 aromatic heterocycles. The number of benzene rings is 1. The second kappa shape index (κ2) is 4.95. The van der Waals surface area contributed by atoms with Crippen LogP contribution in [0.25, 0.3) is 11.1 Å². The average Bonchev–Trinajstić information content (AvgIpc) is 2.85. The Labute approximate surface area is 123 Å². The van der Waals surface area contributed by atoms with Crippen LogP contribution in [0.15, 0.2) is 22.6 Å². The van der Waals surface area contributed by atoms with Crippen molar-refractivity contribution in [3.8, 4) is 0 Å². The monoisotopic (exact) mass is 284 g/mol. The van der Waals surface area contributed by atoms with Gasteiger partial charge in [0.2, 0.25) is 0 Å². The lowest BCUT2D eigenvalue weighted by atomic mass is 9.77. The molecule has 2 aliphatic rings. The number of Topliss-reactive ketones (excluding diaryl/α,β-unsaturated/α-hetero) is 1. The number of aryl methyl sites for hydroxylation is 1. The van der Waals surface area contributed by atoms with Gasteiger partial charge in [-0.05, 0) is 43.9 Å². The van der Waals surface area contributed by atoms with Crippen molar-refractivity contribution in [1.29, 1.82) is 0 Å². The van der Waals surface area contributed by atoms with Crippen LogP contribution in [0.3, 0.4) is 0 Å². The van der Waals surface area contributed by atoms with Gasteiger partial charge in [0.1, 0.15) is 5.52 Å². The number of aromatic nitrogens is 1. The Balaban J connectivity index is 1.60. The van der Waals surface area contributed by atoms with Gasteiger partial charge in [0.05, 0.1) is 0 Å². The number of hydrogen-bond acceptors (Lipinski definition) is 4. The second-order valence-corrected chi connectivity index (χ2v) is 6.44. The lowest BCUT2D eigenvalue weighted by molar-refractivity contribution is 0.0825. The largest absolute Gasteiger partial charge is 0.441 e. The first-order valence-electron chi connectivity index (χ1n) is 7.86. The predicted molar refractivity (Wildman–Crippen MR) is 80.4 cm³/mol. The minimum absolute atomic E-state index is 0.159. The maximum Gasteiger partial charge on any atom is 0.192 e. The highest BCUT2D eigenvalue weighted by Crippen LogP contribution is 2.32. The number of ketones is 1. The number of rotatable bonds is 2. The van der Waals surface area contributed by atoms with Crippen LogP contribution in [-0.2, 0) is 0 Å². The molecule has 3 heterocycles. The van der Waals surface area contributed by atoms with E-state index in [1.54, 1.807) is 0 Å². The molecule has 1 aromatic carbocycles. The van der Waals surface area contributed by atoms with Crippen LogP contribution in [0.2, 0.25) is 0 Å². The summed E-state index contributed by atoms with van der Waals surface area (Å²) in [6.45, 7) is 1.83. The molecule has 2 saturated heterocycles. The van der Waals surface area contributed by atoms with Crippen molar-refractivity contribution >= 4 is 16.9 Å². The van der Waals surface area contributed by atoms with E-state index < -0.39 is 0 Å². The molecule has 4 heteroatoms. The smallest absolute Gasteiger partial charge is 0.192 e. The van der Waals surface area contributed by atoms with E-state index in [0.29, 0.717) is 18.0 Å². The third-order valence-corrected chi connectivity index (χ3v) is 4.86. The Kier molecular flexibility index (Phi) is 3.07. The minimum atomic E-state index is 0.159. The predicted octanol–water partition coefficient (Wildman–Crippen LogP) is 3.24. The summed E-state index contributed by atoms with van der Waals surface area (Å²) >= 11 is 0. The van der Waals surface area contributed by atoms with Gasteiger partial charge in [-0.2, -0.15) is 0 Å². The molecule has 2 unspecified atom stereocenters. The zero-order valence-corrected chi connectivity index (χ0v) is 12.3. The van der Waals surface area contributed by atoms with Gasteiger partial charge in [0, 0.05) is 30.5 Å². The van der Waals surface area contributed by atoms with Crippen molar-refractivity contribution in [2.75, 3.05) is 0 Å². The van der Waals surface area contributed by atoms with Gasteiger partial charge in [-0.3, -0.25) is 4.79 Å². The van der Waals surface area contributed by atoms with Crippen molar-refractivity contribution in [3.63, 3.8) is 0 Å². The van der Waals surface area contributed by atoms with E-state index in [0.717, 1.165) is 29.5 Å². The number of nitrogens with zero attached hydrogens (tertiary/aromatic N) is 1. The molecule has 110 valence electrons. The summed E-state index contributed by atoms with van der Waals surface area (Å²) in [6, 6.07) is 6.69. The highest BCUT2D eigenvalue weighted by atomic mass is 16.3. The molecule has 0 amide bonds. The topological polar surface area (TPSA) is 55.1 Å². The number of carbonyl (C=O) groups is 1. The van der Waals surface area contributed by atoms with Crippen LogP contribution in [-0.4, -0.2) is 22.9 Å². The van der Waals surface area contributed by atoms with Gasteiger partial charge in [-0.1, -0.05) is 6.42 Å². The zero-order chi connectivity index (χ0) is 14.4. The molecule has 4 rings (SSSR count). The molecule has 21 heavy (non-hydrogen) atoms. The van der Waals surface area contributed by atoms with Crippen LogP contribution in [0.5, 0.6) is 0 Å². The molecule has 4 nitrogen and oxygen atoms in total. The van der Waals surface area contributed by atoms with Crippen LogP contribution in [0.1, 0.15) is 48.4 Å². The van der Waals surface area contributed by atoms with E-state index in [9.17, 15) is 4.79 Å². The van der Waals surface area contributed by atoms with E-state index >= 15 is 0 Å². The van der Waals surface area contributed by atoms with Crippen LogP contribution in [0, 0.1) is 12.8 Å². The van der Waals surface area contributed by atoms with Crippen LogP contribution in [0.4, 0.5) is 0 Å². The van der Waals surface area contributed by atoms with Gasteiger partial charge in [-0.25, -0.2) is 4.98 Å². The molecule has 2 bridgehead atoms. The molecular weight excluding hydrogens is 264 g/mol. The summed E-state index contributed by atoms with van der Waals surface area (Å²) in [5.74, 6) is 1.08. The summed E-state index contributed by atoms with van der Waals surface area (Å²) in [7, 11) is 0. The Morgan fingerprint density at radius 1 is 1.29 bits per heavy atom. The summed E-state index contributed by atoms with van der Waals surface area (Å²) in [5, 5.41) is 3.64. The minimum Gasteiger partial charge on any atom is -0.441 e. The first kappa shape index (κ1) is 13.0. The van der Waals surface area contributed by atoms with Crippen LogP contribution >= 0.6 is 0 Å². The van der Waals surface area contributed by atoms with Gasteiger partial charge >= 0.3 is 0 Å². The van der Waals surface area contributed by atoms with Gasteiger partial charge in [-0.15, -0.1) is 0 Å². The van der Waals surface area contributed by atoms with Gasteiger partial charge < -0.3 is 9.73 Å². The molecule has 2 atom stereocenters. The summed E-state index contributed by atoms with van der Waals surface area (Å²) in [4.78, 5) is 17.1. The van der Waals surface area contributed by atoms with E-state index in [2.05, 4.69) is 10.3 Å². The summed E-state index contributed by atoms with van der Waals surface area (Å²) < 4.78 is 5.48. The van der Waals surface area contributed by atoms with Crippen LogP contribution < -0.4 is 5.32 Å².